The number of halogens is 2. The summed E-state index contributed by atoms with van der Waals surface area (Å²) in [6, 6.07) is 15.9. The molecule has 0 heterocycles. The number of amides is 1. The largest absolute Gasteiger partial charge is 0.493 e. The second kappa shape index (κ2) is 11.6. The van der Waals surface area contributed by atoms with E-state index in [9.17, 15) is 4.79 Å². The van der Waals surface area contributed by atoms with E-state index in [2.05, 4.69) is 26.5 Å². The second-order valence-corrected chi connectivity index (χ2v) is 7.94. The van der Waals surface area contributed by atoms with Crippen LogP contribution in [0.3, 0.4) is 0 Å². The first-order valence-corrected chi connectivity index (χ1v) is 10.9. The average Bonchev–Trinajstić information content (AvgIpc) is 2.83. The van der Waals surface area contributed by atoms with Crippen molar-refractivity contribution in [3.8, 4) is 23.0 Å². The lowest BCUT2D eigenvalue weighted by molar-refractivity contribution is 0.0954. The van der Waals surface area contributed by atoms with Crippen LogP contribution in [0.5, 0.6) is 23.0 Å². The summed E-state index contributed by atoms with van der Waals surface area (Å²) in [7, 11) is 4.58. The molecular formula is C24H22BrClN2O5. The van der Waals surface area contributed by atoms with Gasteiger partial charge in [0, 0.05) is 16.1 Å². The fourth-order valence-corrected chi connectivity index (χ4v) is 3.69. The molecular weight excluding hydrogens is 512 g/mol. The molecule has 0 atom stereocenters. The van der Waals surface area contributed by atoms with Crippen molar-refractivity contribution in [1.82, 2.24) is 5.43 Å². The van der Waals surface area contributed by atoms with Crippen molar-refractivity contribution < 1.29 is 23.7 Å². The zero-order valence-corrected chi connectivity index (χ0v) is 20.6. The van der Waals surface area contributed by atoms with E-state index in [1.807, 2.05) is 24.3 Å². The number of hydrazone groups is 1. The summed E-state index contributed by atoms with van der Waals surface area (Å²) >= 11 is 9.71. The van der Waals surface area contributed by atoms with Crippen LogP contribution in [0.2, 0.25) is 5.02 Å². The molecule has 3 aromatic carbocycles. The molecule has 0 bridgehead atoms. The molecule has 0 unspecified atom stereocenters. The third-order valence-corrected chi connectivity index (χ3v) is 5.56. The van der Waals surface area contributed by atoms with Gasteiger partial charge in [-0.05, 0) is 57.9 Å². The van der Waals surface area contributed by atoms with Crippen molar-refractivity contribution in [2.45, 2.75) is 6.61 Å². The normalized spacial score (nSPS) is 10.7. The Bertz CT molecular complexity index is 1170. The SMILES string of the molecule is COc1ccc(C(=O)N/N=C/c2cc(Br)c(OCc3ccccc3Cl)c(OC)c2)cc1OC. The van der Waals surface area contributed by atoms with Crippen molar-refractivity contribution in [2.75, 3.05) is 21.3 Å². The van der Waals surface area contributed by atoms with Gasteiger partial charge >= 0.3 is 0 Å². The van der Waals surface area contributed by atoms with Gasteiger partial charge in [0.15, 0.2) is 23.0 Å². The number of hydrogen-bond acceptors (Lipinski definition) is 6. The van der Waals surface area contributed by atoms with Crippen LogP contribution in [-0.4, -0.2) is 33.5 Å². The Morgan fingerprint density at radius 3 is 2.42 bits per heavy atom. The third-order valence-electron chi connectivity index (χ3n) is 4.61. The number of carbonyl (C=O) groups excluding carboxylic acids is 1. The molecule has 172 valence electrons. The Hall–Kier alpha value is -3.23. The molecule has 0 saturated heterocycles. The monoisotopic (exact) mass is 532 g/mol. The van der Waals surface area contributed by atoms with E-state index < -0.39 is 5.91 Å². The maximum absolute atomic E-state index is 12.4. The van der Waals surface area contributed by atoms with Crippen LogP contribution >= 0.6 is 27.5 Å². The lowest BCUT2D eigenvalue weighted by Crippen LogP contribution is -2.17. The molecule has 9 heteroatoms. The van der Waals surface area contributed by atoms with Gasteiger partial charge < -0.3 is 18.9 Å². The van der Waals surface area contributed by atoms with Crippen LogP contribution in [0, 0.1) is 0 Å². The summed E-state index contributed by atoms with van der Waals surface area (Å²) in [6.07, 6.45) is 1.50. The van der Waals surface area contributed by atoms with Gasteiger partial charge in [0.05, 0.1) is 32.0 Å². The summed E-state index contributed by atoms with van der Waals surface area (Å²) in [5.74, 6) is 1.63. The quantitative estimate of drug-likeness (QED) is 0.291. The van der Waals surface area contributed by atoms with E-state index in [4.69, 9.17) is 30.5 Å². The molecule has 1 amide bonds. The highest BCUT2D eigenvalue weighted by Crippen LogP contribution is 2.37. The standard InChI is InChI=1S/C24H22BrClN2O5/c1-30-20-9-8-16(12-21(20)31-2)24(29)28-27-13-15-10-18(25)23(22(11-15)32-3)33-14-17-6-4-5-7-19(17)26/h4-13H,14H2,1-3H3,(H,28,29)/b27-13+. The molecule has 0 aliphatic carbocycles. The summed E-state index contributed by atoms with van der Waals surface area (Å²) in [5.41, 5.74) is 4.42. The molecule has 0 fully saturated rings. The fraction of sp³-hybridized carbons (Fsp3) is 0.167. The van der Waals surface area contributed by atoms with Gasteiger partial charge in [0.25, 0.3) is 5.91 Å². The van der Waals surface area contributed by atoms with Crippen LogP contribution in [0.4, 0.5) is 0 Å². The molecule has 0 aromatic heterocycles. The van der Waals surface area contributed by atoms with E-state index in [1.165, 1.54) is 20.4 Å². The molecule has 0 radical (unpaired) electrons. The van der Waals surface area contributed by atoms with E-state index in [0.717, 1.165) is 5.56 Å². The lowest BCUT2D eigenvalue weighted by atomic mass is 10.2. The molecule has 7 nitrogen and oxygen atoms in total. The van der Waals surface area contributed by atoms with Gasteiger partial charge in [-0.3, -0.25) is 4.79 Å². The molecule has 0 spiro atoms. The molecule has 1 N–H and O–H groups in total. The molecule has 33 heavy (non-hydrogen) atoms. The lowest BCUT2D eigenvalue weighted by Gasteiger charge is -2.14. The van der Waals surface area contributed by atoms with E-state index >= 15 is 0 Å². The van der Waals surface area contributed by atoms with E-state index in [-0.39, 0.29) is 6.61 Å². The van der Waals surface area contributed by atoms with Crippen LogP contribution in [-0.2, 0) is 6.61 Å². The molecule has 0 aliphatic heterocycles. The van der Waals surface area contributed by atoms with Crippen molar-refractivity contribution in [2.24, 2.45) is 5.10 Å². The number of methoxy groups -OCH3 is 3. The van der Waals surface area contributed by atoms with Crippen LogP contribution in [0.15, 0.2) is 64.2 Å². The second-order valence-electron chi connectivity index (χ2n) is 6.68. The smallest absolute Gasteiger partial charge is 0.271 e. The zero-order chi connectivity index (χ0) is 23.8. The summed E-state index contributed by atoms with van der Waals surface area (Å²) in [4.78, 5) is 12.4. The highest BCUT2D eigenvalue weighted by Gasteiger charge is 2.13. The highest BCUT2D eigenvalue weighted by molar-refractivity contribution is 9.10. The Morgan fingerprint density at radius 1 is 1.00 bits per heavy atom. The van der Waals surface area contributed by atoms with Gasteiger partial charge in [-0.25, -0.2) is 5.43 Å². The first-order chi connectivity index (χ1) is 16.0. The van der Waals surface area contributed by atoms with Gasteiger partial charge in [-0.2, -0.15) is 5.10 Å². The molecule has 0 aliphatic rings. The minimum Gasteiger partial charge on any atom is -0.493 e. The third kappa shape index (κ3) is 6.18. The van der Waals surface area contributed by atoms with Crippen molar-refractivity contribution in [3.05, 3.63) is 80.8 Å². The first-order valence-electron chi connectivity index (χ1n) is 9.76. The number of benzene rings is 3. The number of rotatable bonds is 9. The van der Waals surface area contributed by atoms with Gasteiger partial charge in [0.2, 0.25) is 0 Å². The van der Waals surface area contributed by atoms with Crippen LogP contribution in [0.1, 0.15) is 21.5 Å². The highest BCUT2D eigenvalue weighted by atomic mass is 79.9. The predicted octanol–water partition coefficient (Wildman–Crippen LogP) is 5.47. The van der Waals surface area contributed by atoms with Crippen molar-refractivity contribution >= 4 is 39.7 Å². The zero-order valence-electron chi connectivity index (χ0n) is 18.2. The van der Waals surface area contributed by atoms with E-state index in [0.29, 0.717) is 43.6 Å². The maximum Gasteiger partial charge on any atom is 0.271 e. The van der Waals surface area contributed by atoms with Gasteiger partial charge in [0.1, 0.15) is 6.61 Å². The Morgan fingerprint density at radius 2 is 1.73 bits per heavy atom. The predicted molar refractivity (Wildman–Crippen MR) is 131 cm³/mol. The maximum atomic E-state index is 12.4. The number of nitrogens with one attached hydrogen (secondary N) is 1. The summed E-state index contributed by atoms with van der Waals surface area (Å²) < 4.78 is 22.5. The number of carbonyl (C=O) groups is 1. The molecule has 3 rings (SSSR count). The summed E-state index contributed by atoms with van der Waals surface area (Å²) in [5, 5.41) is 4.66. The van der Waals surface area contributed by atoms with Crippen LogP contribution < -0.4 is 24.4 Å². The number of hydrogen-bond donors (Lipinski definition) is 1. The fourth-order valence-electron chi connectivity index (χ4n) is 2.93. The topological polar surface area (TPSA) is 78.4 Å². The van der Waals surface area contributed by atoms with Gasteiger partial charge in [-0.15, -0.1) is 0 Å². The average molecular weight is 534 g/mol. The molecule has 0 saturated carbocycles. The first kappa shape index (κ1) is 24.4. The van der Waals surface area contributed by atoms with Gasteiger partial charge in [-0.1, -0.05) is 29.8 Å². The number of nitrogens with zero attached hydrogens (tertiary/aromatic N) is 1. The minimum atomic E-state index is -0.391. The molecule has 3 aromatic rings. The summed E-state index contributed by atoms with van der Waals surface area (Å²) in [6.45, 7) is 0.281. The van der Waals surface area contributed by atoms with E-state index in [1.54, 1.807) is 37.4 Å². The van der Waals surface area contributed by atoms with Crippen molar-refractivity contribution in [1.29, 1.82) is 0 Å². The van der Waals surface area contributed by atoms with Crippen molar-refractivity contribution in [3.63, 3.8) is 0 Å². The Balaban J connectivity index is 1.70. The number of ether oxygens (including phenoxy) is 4. The Kier molecular flexibility index (Phi) is 8.57. The minimum absolute atomic E-state index is 0.281. The van der Waals surface area contributed by atoms with Crippen LogP contribution in [0.25, 0.3) is 0 Å². The Labute approximate surface area is 205 Å².